The van der Waals surface area contributed by atoms with Gasteiger partial charge in [0.05, 0.1) is 9.82 Å². The predicted octanol–water partition coefficient (Wildman–Crippen LogP) is 3.67. The van der Waals surface area contributed by atoms with E-state index in [1.54, 1.807) is 6.07 Å². The van der Waals surface area contributed by atoms with Gasteiger partial charge in [-0.05, 0) is 44.0 Å². The van der Waals surface area contributed by atoms with E-state index >= 15 is 0 Å². The molecule has 0 aromatic heterocycles. The lowest BCUT2D eigenvalue weighted by Gasteiger charge is -2.33. The van der Waals surface area contributed by atoms with Crippen LogP contribution in [0.1, 0.15) is 37.7 Å². The highest BCUT2D eigenvalue weighted by molar-refractivity contribution is 7.89. The van der Waals surface area contributed by atoms with Crippen molar-refractivity contribution in [2.45, 2.75) is 43.0 Å². The molecule has 0 bridgehead atoms. The van der Waals surface area contributed by atoms with E-state index in [1.165, 1.54) is 18.7 Å². The molecular weight excluding hydrogens is 378 g/mol. The Bertz CT molecular complexity index is 947. The third kappa shape index (κ3) is 3.88. The molecule has 0 aliphatic carbocycles. The van der Waals surface area contributed by atoms with Crippen LogP contribution in [0.4, 0.5) is 11.4 Å². The molecule has 0 radical (unpaired) electrons. The molecule has 8 heteroatoms. The summed E-state index contributed by atoms with van der Waals surface area (Å²) in [6.45, 7) is 2.85. The number of hydrogen-bond acceptors (Lipinski definition) is 5. The number of anilines is 1. The molecule has 0 spiro atoms. The number of hydrogen-bond donors (Lipinski definition) is 1. The van der Waals surface area contributed by atoms with Gasteiger partial charge in [0.15, 0.2) is 0 Å². The molecule has 2 aromatic rings. The molecule has 28 heavy (non-hydrogen) atoms. The van der Waals surface area contributed by atoms with Crippen LogP contribution in [0.15, 0.2) is 53.4 Å². The largest absolute Gasteiger partial charge is 0.362 e. The molecule has 0 amide bonds. The standard InChI is InChI=1S/C20H25N3O4S/c1-3-17(15-8-5-4-6-9-15)18-10-7-13-22(18)19-12-11-16(28(26,27)21-2)14-20(19)23(24)25/h4-6,8-9,11-12,14,17-18,21H,3,7,10,13H2,1-2H3. The number of sulfonamides is 1. The normalized spacial score (nSPS) is 18.2. The molecule has 2 atom stereocenters. The average molecular weight is 404 g/mol. The summed E-state index contributed by atoms with van der Waals surface area (Å²) < 4.78 is 26.3. The van der Waals surface area contributed by atoms with Crippen LogP contribution >= 0.6 is 0 Å². The lowest BCUT2D eigenvalue weighted by atomic mass is 9.87. The first-order chi connectivity index (χ1) is 13.4. The predicted molar refractivity (Wildman–Crippen MR) is 109 cm³/mol. The fourth-order valence-electron chi connectivity index (χ4n) is 4.12. The first-order valence-corrected chi connectivity index (χ1v) is 10.9. The summed E-state index contributed by atoms with van der Waals surface area (Å²) in [5.74, 6) is 0.254. The number of benzene rings is 2. The van der Waals surface area contributed by atoms with Gasteiger partial charge in [0.1, 0.15) is 5.69 Å². The van der Waals surface area contributed by atoms with Crippen molar-refractivity contribution in [3.63, 3.8) is 0 Å². The van der Waals surface area contributed by atoms with Gasteiger partial charge in [-0.25, -0.2) is 13.1 Å². The van der Waals surface area contributed by atoms with E-state index in [0.29, 0.717) is 12.2 Å². The summed E-state index contributed by atoms with van der Waals surface area (Å²) in [6, 6.07) is 14.5. The monoisotopic (exact) mass is 403 g/mol. The Morgan fingerprint density at radius 1 is 1.25 bits per heavy atom. The van der Waals surface area contributed by atoms with E-state index in [0.717, 1.165) is 25.3 Å². The van der Waals surface area contributed by atoms with Crippen LogP contribution in [-0.2, 0) is 10.0 Å². The Morgan fingerprint density at radius 3 is 2.57 bits per heavy atom. The van der Waals surface area contributed by atoms with Crippen molar-refractivity contribution in [1.29, 1.82) is 0 Å². The van der Waals surface area contributed by atoms with Crippen molar-refractivity contribution >= 4 is 21.4 Å². The molecule has 2 aromatic carbocycles. The van der Waals surface area contributed by atoms with E-state index < -0.39 is 14.9 Å². The van der Waals surface area contributed by atoms with Crippen molar-refractivity contribution in [1.82, 2.24) is 4.72 Å². The van der Waals surface area contributed by atoms with Gasteiger partial charge >= 0.3 is 0 Å². The van der Waals surface area contributed by atoms with Crippen LogP contribution < -0.4 is 9.62 Å². The molecule has 0 saturated carbocycles. The number of rotatable bonds is 7. The van der Waals surface area contributed by atoms with E-state index in [1.807, 2.05) is 18.2 Å². The quantitative estimate of drug-likeness (QED) is 0.562. The highest BCUT2D eigenvalue weighted by atomic mass is 32.2. The molecule has 1 aliphatic heterocycles. The fraction of sp³-hybridized carbons (Fsp3) is 0.400. The van der Waals surface area contributed by atoms with Gasteiger partial charge < -0.3 is 4.90 Å². The second-order valence-corrected chi connectivity index (χ2v) is 8.83. The Balaban J connectivity index is 2.03. The molecule has 3 rings (SSSR count). The van der Waals surface area contributed by atoms with E-state index in [9.17, 15) is 18.5 Å². The van der Waals surface area contributed by atoms with Crippen LogP contribution in [0.25, 0.3) is 0 Å². The van der Waals surface area contributed by atoms with Gasteiger partial charge in [-0.1, -0.05) is 37.3 Å². The van der Waals surface area contributed by atoms with Gasteiger partial charge in [-0.15, -0.1) is 0 Å². The Morgan fingerprint density at radius 2 is 1.96 bits per heavy atom. The Kier molecular flexibility index (Phi) is 6.00. The topological polar surface area (TPSA) is 92.6 Å². The molecule has 2 unspecified atom stereocenters. The van der Waals surface area contributed by atoms with Crippen LogP contribution in [0.2, 0.25) is 0 Å². The summed E-state index contributed by atoms with van der Waals surface area (Å²) in [7, 11) is -2.46. The van der Waals surface area contributed by atoms with Gasteiger partial charge in [0.2, 0.25) is 10.0 Å². The van der Waals surface area contributed by atoms with Crippen molar-refractivity contribution < 1.29 is 13.3 Å². The van der Waals surface area contributed by atoms with Gasteiger partial charge in [0.25, 0.3) is 5.69 Å². The van der Waals surface area contributed by atoms with E-state index in [2.05, 4.69) is 28.7 Å². The fourth-order valence-corrected chi connectivity index (χ4v) is 4.87. The number of nitrogens with zero attached hydrogens (tertiary/aromatic N) is 2. The molecule has 1 N–H and O–H groups in total. The van der Waals surface area contributed by atoms with Crippen LogP contribution in [0.3, 0.4) is 0 Å². The maximum Gasteiger partial charge on any atom is 0.293 e. The molecule has 1 saturated heterocycles. The third-order valence-corrected chi connectivity index (χ3v) is 6.88. The summed E-state index contributed by atoms with van der Waals surface area (Å²) in [5.41, 5.74) is 1.53. The van der Waals surface area contributed by atoms with Crippen molar-refractivity contribution in [3.05, 3.63) is 64.2 Å². The molecule has 7 nitrogen and oxygen atoms in total. The van der Waals surface area contributed by atoms with E-state index in [4.69, 9.17) is 0 Å². The zero-order chi connectivity index (χ0) is 20.3. The zero-order valence-electron chi connectivity index (χ0n) is 16.0. The average Bonchev–Trinajstić information content (AvgIpc) is 3.18. The minimum atomic E-state index is -3.74. The lowest BCUT2D eigenvalue weighted by molar-refractivity contribution is -0.384. The Hall–Kier alpha value is -2.45. The number of nitro benzene ring substituents is 1. The summed E-state index contributed by atoms with van der Waals surface area (Å²) in [4.78, 5) is 13.2. The molecule has 1 aliphatic rings. The second kappa shape index (κ2) is 8.28. The number of nitro groups is 1. The SMILES string of the molecule is CCC(c1ccccc1)C1CCCN1c1ccc(S(=O)(=O)NC)cc1[N+](=O)[O-]. The van der Waals surface area contributed by atoms with Crippen LogP contribution in [-0.4, -0.2) is 33.0 Å². The van der Waals surface area contributed by atoms with Gasteiger partial charge in [-0.3, -0.25) is 10.1 Å². The summed E-state index contributed by atoms with van der Waals surface area (Å²) in [6.07, 6.45) is 2.81. The first kappa shape index (κ1) is 20.3. The van der Waals surface area contributed by atoms with E-state index in [-0.39, 0.29) is 22.5 Å². The Labute approximate surface area is 165 Å². The molecule has 1 heterocycles. The molecular formula is C20H25N3O4S. The van der Waals surface area contributed by atoms with Crippen molar-refractivity contribution in [2.75, 3.05) is 18.5 Å². The highest BCUT2D eigenvalue weighted by Crippen LogP contribution is 2.40. The summed E-state index contributed by atoms with van der Waals surface area (Å²) in [5, 5.41) is 11.7. The van der Waals surface area contributed by atoms with Gasteiger partial charge in [0, 0.05) is 24.6 Å². The molecule has 150 valence electrons. The maximum absolute atomic E-state index is 12.1. The van der Waals surface area contributed by atoms with Gasteiger partial charge in [-0.2, -0.15) is 0 Å². The minimum Gasteiger partial charge on any atom is -0.362 e. The smallest absolute Gasteiger partial charge is 0.293 e. The third-order valence-electron chi connectivity index (χ3n) is 5.46. The van der Waals surface area contributed by atoms with Crippen molar-refractivity contribution in [2.24, 2.45) is 0 Å². The summed E-state index contributed by atoms with van der Waals surface area (Å²) >= 11 is 0. The first-order valence-electron chi connectivity index (χ1n) is 9.42. The minimum absolute atomic E-state index is 0.101. The number of nitrogens with one attached hydrogen (secondary N) is 1. The highest BCUT2D eigenvalue weighted by Gasteiger charge is 2.35. The maximum atomic E-state index is 12.1. The van der Waals surface area contributed by atoms with Crippen molar-refractivity contribution in [3.8, 4) is 0 Å². The molecule has 1 fully saturated rings. The lowest BCUT2D eigenvalue weighted by Crippen LogP contribution is -2.35. The van der Waals surface area contributed by atoms with Crippen LogP contribution in [0.5, 0.6) is 0 Å². The second-order valence-electron chi connectivity index (χ2n) is 6.94. The van der Waals surface area contributed by atoms with Crippen LogP contribution in [0, 0.1) is 10.1 Å². The zero-order valence-corrected chi connectivity index (χ0v) is 16.9.